The third-order valence-corrected chi connectivity index (χ3v) is 3.41. The van der Waals surface area contributed by atoms with Crippen molar-refractivity contribution >= 4 is 21.9 Å². The average molecular weight is 327 g/mol. The van der Waals surface area contributed by atoms with Crippen LogP contribution in [0.2, 0.25) is 0 Å². The summed E-state index contributed by atoms with van der Waals surface area (Å²) in [6.45, 7) is 3.80. The van der Waals surface area contributed by atoms with Crippen LogP contribution in [0.4, 0.5) is 4.39 Å². The first-order valence-corrected chi connectivity index (χ1v) is 6.48. The van der Waals surface area contributed by atoms with Crippen LogP contribution in [0.15, 0.2) is 28.7 Å². The highest BCUT2D eigenvalue weighted by molar-refractivity contribution is 9.10. The van der Waals surface area contributed by atoms with Crippen LogP contribution in [0.5, 0.6) is 0 Å². The largest absolute Gasteiger partial charge is 0.476 e. The van der Waals surface area contributed by atoms with E-state index in [-0.39, 0.29) is 17.6 Å². The lowest BCUT2D eigenvalue weighted by atomic mass is 10.1. The van der Waals surface area contributed by atoms with Gasteiger partial charge in [-0.05, 0) is 54.0 Å². The lowest BCUT2D eigenvalue weighted by Gasteiger charge is -2.11. The Morgan fingerprint density at radius 1 is 1.37 bits per heavy atom. The molecular formula is C13H12BrFN2O2. The number of hydrogen-bond donors (Lipinski definition) is 1. The third-order valence-electron chi connectivity index (χ3n) is 2.66. The maximum Gasteiger partial charge on any atom is 0.357 e. The van der Waals surface area contributed by atoms with Gasteiger partial charge in [0.05, 0.1) is 10.2 Å². The van der Waals surface area contributed by atoms with Gasteiger partial charge in [-0.3, -0.25) is 4.68 Å². The lowest BCUT2D eigenvalue weighted by Crippen LogP contribution is -2.06. The first-order chi connectivity index (χ1) is 8.91. The fraction of sp³-hybridized carbons (Fsp3) is 0.231. The molecule has 0 saturated carbocycles. The summed E-state index contributed by atoms with van der Waals surface area (Å²) in [6, 6.07) is 5.85. The molecule has 4 nitrogen and oxygen atoms in total. The predicted molar refractivity (Wildman–Crippen MR) is 72.7 cm³/mol. The molecule has 100 valence electrons. The van der Waals surface area contributed by atoms with Gasteiger partial charge in [-0.25, -0.2) is 9.18 Å². The van der Waals surface area contributed by atoms with Crippen molar-refractivity contribution in [2.75, 3.05) is 0 Å². The molecule has 0 spiro atoms. The molecule has 0 saturated heterocycles. The summed E-state index contributed by atoms with van der Waals surface area (Å²) < 4.78 is 15.0. The standard InChI is InChI=1S/C13H12BrFN2O2/c1-7(2)17-12(8-3-5-9(15)6-4-8)10(14)11(16-17)13(18)19/h3-7H,1-2H3,(H,18,19). The van der Waals surface area contributed by atoms with Crippen molar-refractivity contribution in [2.45, 2.75) is 19.9 Å². The van der Waals surface area contributed by atoms with E-state index in [4.69, 9.17) is 5.11 Å². The summed E-state index contributed by atoms with van der Waals surface area (Å²) in [5.74, 6) is -1.44. The maximum atomic E-state index is 13.0. The smallest absolute Gasteiger partial charge is 0.357 e. The van der Waals surface area contributed by atoms with Gasteiger partial charge in [-0.15, -0.1) is 0 Å². The number of aromatic nitrogens is 2. The number of hydrogen-bond acceptors (Lipinski definition) is 2. The van der Waals surface area contributed by atoms with Crippen LogP contribution >= 0.6 is 15.9 Å². The molecule has 0 aliphatic carbocycles. The van der Waals surface area contributed by atoms with Crippen molar-refractivity contribution in [3.05, 3.63) is 40.2 Å². The Hall–Kier alpha value is -1.69. The van der Waals surface area contributed by atoms with Gasteiger partial charge in [0.25, 0.3) is 0 Å². The topological polar surface area (TPSA) is 55.1 Å². The van der Waals surface area contributed by atoms with Crippen LogP contribution in [0.1, 0.15) is 30.4 Å². The highest BCUT2D eigenvalue weighted by Gasteiger charge is 2.23. The highest BCUT2D eigenvalue weighted by atomic mass is 79.9. The van der Waals surface area contributed by atoms with Gasteiger partial charge in [0, 0.05) is 11.6 Å². The van der Waals surface area contributed by atoms with E-state index in [2.05, 4.69) is 21.0 Å². The van der Waals surface area contributed by atoms with E-state index in [1.54, 1.807) is 16.8 Å². The number of benzene rings is 1. The Labute approximate surface area is 118 Å². The van der Waals surface area contributed by atoms with E-state index in [0.29, 0.717) is 15.7 Å². The lowest BCUT2D eigenvalue weighted by molar-refractivity contribution is 0.0688. The Bertz CT molecular complexity index is 620. The fourth-order valence-electron chi connectivity index (χ4n) is 1.79. The first-order valence-electron chi connectivity index (χ1n) is 5.69. The molecule has 0 amide bonds. The summed E-state index contributed by atoms with van der Waals surface area (Å²) in [6.07, 6.45) is 0. The normalized spacial score (nSPS) is 11.0. The van der Waals surface area contributed by atoms with Crippen molar-refractivity contribution in [3.63, 3.8) is 0 Å². The number of carbonyl (C=O) groups is 1. The van der Waals surface area contributed by atoms with E-state index in [9.17, 15) is 9.18 Å². The van der Waals surface area contributed by atoms with E-state index < -0.39 is 5.97 Å². The second-order valence-corrected chi connectivity index (χ2v) is 5.15. The molecule has 6 heteroatoms. The summed E-state index contributed by atoms with van der Waals surface area (Å²) in [5, 5.41) is 13.2. The van der Waals surface area contributed by atoms with Gasteiger partial charge in [0.15, 0.2) is 5.69 Å². The third kappa shape index (κ3) is 2.53. The van der Waals surface area contributed by atoms with Crippen molar-refractivity contribution in [3.8, 4) is 11.3 Å². The molecular weight excluding hydrogens is 315 g/mol. The van der Waals surface area contributed by atoms with Crippen molar-refractivity contribution in [1.82, 2.24) is 9.78 Å². The molecule has 0 radical (unpaired) electrons. The molecule has 0 aliphatic rings. The zero-order valence-electron chi connectivity index (χ0n) is 10.4. The molecule has 1 heterocycles. The zero-order chi connectivity index (χ0) is 14.2. The summed E-state index contributed by atoms with van der Waals surface area (Å²) in [7, 11) is 0. The monoisotopic (exact) mass is 326 g/mol. The van der Waals surface area contributed by atoms with Gasteiger partial charge in [0.1, 0.15) is 5.82 Å². The van der Waals surface area contributed by atoms with Crippen molar-refractivity contribution in [2.24, 2.45) is 0 Å². The van der Waals surface area contributed by atoms with Crippen LogP contribution < -0.4 is 0 Å². The van der Waals surface area contributed by atoms with Crippen molar-refractivity contribution < 1.29 is 14.3 Å². The van der Waals surface area contributed by atoms with E-state index in [0.717, 1.165) is 0 Å². The molecule has 0 bridgehead atoms. The van der Waals surface area contributed by atoms with E-state index in [1.165, 1.54) is 12.1 Å². The Morgan fingerprint density at radius 3 is 2.42 bits per heavy atom. The molecule has 2 rings (SSSR count). The number of halogens is 2. The Morgan fingerprint density at radius 2 is 1.95 bits per heavy atom. The van der Waals surface area contributed by atoms with Crippen LogP contribution in [0, 0.1) is 5.82 Å². The van der Waals surface area contributed by atoms with Gasteiger partial charge in [-0.1, -0.05) is 0 Å². The minimum atomic E-state index is -1.10. The van der Waals surface area contributed by atoms with Gasteiger partial charge >= 0.3 is 5.97 Å². The fourth-order valence-corrected chi connectivity index (χ4v) is 2.45. The molecule has 1 aromatic carbocycles. The SMILES string of the molecule is CC(C)n1nc(C(=O)O)c(Br)c1-c1ccc(F)cc1. The summed E-state index contributed by atoms with van der Waals surface area (Å²) >= 11 is 3.27. The number of nitrogens with zero attached hydrogens (tertiary/aromatic N) is 2. The van der Waals surface area contributed by atoms with Crippen LogP contribution in [0.25, 0.3) is 11.3 Å². The molecule has 0 fully saturated rings. The minimum absolute atomic E-state index is 0.00977. The van der Waals surface area contributed by atoms with Gasteiger partial charge in [0.2, 0.25) is 0 Å². The van der Waals surface area contributed by atoms with Crippen LogP contribution in [0.3, 0.4) is 0 Å². The average Bonchev–Trinajstić information content (AvgIpc) is 2.68. The molecule has 1 N–H and O–H groups in total. The predicted octanol–water partition coefficient (Wildman–Crippen LogP) is 3.73. The molecule has 0 aliphatic heterocycles. The Balaban J connectivity index is 2.67. The molecule has 2 aromatic rings. The molecule has 0 unspecified atom stereocenters. The molecule has 19 heavy (non-hydrogen) atoms. The molecule has 0 atom stereocenters. The van der Waals surface area contributed by atoms with Gasteiger partial charge < -0.3 is 5.11 Å². The maximum absolute atomic E-state index is 13.0. The van der Waals surface area contributed by atoms with Crippen LogP contribution in [-0.4, -0.2) is 20.9 Å². The quantitative estimate of drug-likeness (QED) is 0.934. The number of carboxylic acids is 1. The van der Waals surface area contributed by atoms with Crippen molar-refractivity contribution in [1.29, 1.82) is 0 Å². The number of aromatic carboxylic acids is 1. The van der Waals surface area contributed by atoms with E-state index >= 15 is 0 Å². The number of carboxylic acid groups (broad SMARTS) is 1. The zero-order valence-corrected chi connectivity index (χ0v) is 12.0. The van der Waals surface area contributed by atoms with E-state index in [1.807, 2.05) is 13.8 Å². The highest BCUT2D eigenvalue weighted by Crippen LogP contribution is 2.33. The van der Waals surface area contributed by atoms with Gasteiger partial charge in [-0.2, -0.15) is 5.10 Å². The van der Waals surface area contributed by atoms with Crippen LogP contribution in [-0.2, 0) is 0 Å². The first kappa shape index (κ1) is 13.7. The second kappa shape index (κ2) is 5.13. The number of rotatable bonds is 3. The Kier molecular flexibility index (Phi) is 3.71. The summed E-state index contributed by atoms with van der Waals surface area (Å²) in [4.78, 5) is 11.1. The summed E-state index contributed by atoms with van der Waals surface area (Å²) in [5.41, 5.74) is 1.29. The molecule has 1 aromatic heterocycles. The minimum Gasteiger partial charge on any atom is -0.476 e. The second-order valence-electron chi connectivity index (χ2n) is 4.36.